The smallest absolute Gasteiger partial charge is 0.198 e. The van der Waals surface area contributed by atoms with Crippen LogP contribution in [0.1, 0.15) is 63.3 Å². The number of aliphatic hydroxyl groups excluding tert-OH is 1. The van der Waals surface area contributed by atoms with Crippen molar-refractivity contribution in [2.45, 2.75) is 25.9 Å². The predicted octanol–water partition coefficient (Wildman–Crippen LogP) is 3.31. The number of rotatable bonds is 5. The van der Waals surface area contributed by atoms with Gasteiger partial charge in [0.1, 0.15) is 11.5 Å². The van der Waals surface area contributed by atoms with E-state index in [9.17, 15) is 14.7 Å². The molecule has 2 aromatic rings. The van der Waals surface area contributed by atoms with Gasteiger partial charge in [-0.1, -0.05) is 37.6 Å². The van der Waals surface area contributed by atoms with Crippen molar-refractivity contribution in [2.75, 3.05) is 14.2 Å². The minimum Gasteiger partial charge on any atom is -0.496 e. The molecule has 0 saturated heterocycles. The summed E-state index contributed by atoms with van der Waals surface area (Å²) in [6, 6.07) is 8.29. The molecular formula is C20H20O5. The van der Waals surface area contributed by atoms with Crippen molar-refractivity contribution in [1.29, 1.82) is 0 Å². The van der Waals surface area contributed by atoms with Crippen LogP contribution in [0.5, 0.6) is 11.5 Å². The maximum Gasteiger partial charge on any atom is 0.198 e. The summed E-state index contributed by atoms with van der Waals surface area (Å²) in [5.41, 5.74) is 1.50. The van der Waals surface area contributed by atoms with Gasteiger partial charge in [-0.2, -0.15) is 0 Å². The van der Waals surface area contributed by atoms with Crippen LogP contribution in [0.2, 0.25) is 0 Å². The van der Waals surface area contributed by atoms with Crippen LogP contribution < -0.4 is 9.47 Å². The Morgan fingerprint density at radius 3 is 2.12 bits per heavy atom. The fourth-order valence-electron chi connectivity index (χ4n) is 3.31. The summed E-state index contributed by atoms with van der Waals surface area (Å²) in [5.74, 6) is -0.0683. The zero-order valence-corrected chi connectivity index (χ0v) is 14.5. The highest BCUT2D eigenvalue weighted by Gasteiger charge is 2.37. The Kier molecular flexibility index (Phi) is 4.59. The van der Waals surface area contributed by atoms with Gasteiger partial charge in [-0.05, 0) is 12.5 Å². The molecule has 5 nitrogen and oxygen atoms in total. The zero-order valence-electron chi connectivity index (χ0n) is 14.5. The maximum absolute atomic E-state index is 13.1. The summed E-state index contributed by atoms with van der Waals surface area (Å²) >= 11 is 0. The van der Waals surface area contributed by atoms with E-state index < -0.39 is 6.10 Å². The molecule has 1 unspecified atom stereocenters. The number of hydrogen-bond acceptors (Lipinski definition) is 5. The Labute approximate surface area is 146 Å². The summed E-state index contributed by atoms with van der Waals surface area (Å²) in [6.07, 6.45) is 0.468. The summed E-state index contributed by atoms with van der Waals surface area (Å²) in [4.78, 5) is 26.0. The monoisotopic (exact) mass is 340 g/mol. The first-order valence-corrected chi connectivity index (χ1v) is 8.20. The Balaban J connectivity index is 2.33. The van der Waals surface area contributed by atoms with Crippen molar-refractivity contribution in [1.82, 2.24) is 0 Å². The van der Waals surface area contributed by atoms with Crippen molar-refractivity contribution < 1.29 is 24.2 Å². The number of carbonyl (C=O) groups excluding carboxylic acids is 2. The minimum absolute atomic E-state index is 0.163. The predicted molar refractivity (Wildman–Crippen MR) is 92.7 cm³/mol. The normalized spacial score (nSPS) is 13.9. The molecular weight excluding hydrogens is 320 g/mol. The van der Waals surface area contributed by atoms with Crippen LogP contribution in [-0.4, -0.2) is 30.9 Å². The molecule has 0 spiro atoms. The third-order valence-electron chi connectivity index (χ3n) is 4.49. The van der Waals surface area contributed by atoms with Crippen LogP contribution in [0.4, 0.5) is 0 Å². The molecule has 1 atom stereocenters. The highest BCUT2D eigenvalue weighted by molar-refractivity contribution is 6.30. The van der Waals surface area contributed by atoms with Gasteiger partial charge in [-0.15, -0.1) is 0 Å². The Bertz CT molecular complexity index is 853. The number of aliphatic hydroxyl groups is 1. The maximum atomic E-state index is 13.1. The number of fused-ring (bicyclic) bond motifs is 2. The van der Waals surface area contributed by atoms with Crippen LogP contribution in [-0.2, 0) is 0 Å². The van der Waals surface area contributed by atoms with E-state index in [0.29, 0.717) is 23.1 Å². The Morgan fingerprint density at radius 2 is 1.60 bits per heavy atom. The lowest BCUT2D eigenvalue weighted by Gasteiger charge is -2.25. The molecule has 1 aliphatic rings. The van der Waals surface area contributed by atoms with Crippen molar-refractivity contribution in [2.24, 2.45) is 0 Å². The molecule has 0 amide bonds. The molecule has 0 heterocycles. The highest BCUT2D eigenvalue weighted by Crippen LogP contribution is 2.43. The number of benzene rings is 2. The number of methoxy groups -OCH3 is 2. The first-order chi connectivity index (χ1) is 12.0. The lowest BCUT2D eigenvalue weighted by molar-refractivity contribution is 0.0972. The molecule has 1 aliphatic carbocycles. The van der Waals surface area contributed by atoms with E-state index in [-0.39, 0.29) is 34.2 Å². The fraction of sp³-hybridized carbons (Fsp3) is 0.300. The number of carbonyl (C=O) groups is 2. The standard InChI is InChI=1S/C20H20O5/c1-4-7-14(21)13-10-15(24-2)16-17(20(13)25-3)19(23)12-9-6-5-8-11(12)18(16)22/h5-6,8-10,14,21H,4,7H2,1-3H3. The summed E-state index contributed by atoms with van der Waals surface area (Å²) < 4.78 is 10.8. The van der Waals surface area contributed by atoms with Crippen molar-refractivity contribution in [3.63, 3.8) is 0 Å². The van der Waals surface area contributed by atoms with Crippen molar-refractivity contribution in [3.8, 4) is 11.5 Å². The molecule has 25 heavy (non-hydrogen) atoms. The third kappa shape index (κ3) is 2.61. The van der Waals surface area contributed by atoms with E-state index in [4.69, 9.17) is 9.47 Å². The first-order valence-electron chi connectivity index (χ1n) is 8.20. The average Bonchev–Trinajstić information content (AvgIpc) is 2.64. The Hall–Kier alpha value is -2.66. The quantitative estimate of drug-likeness (QED) is 0.771. The lowest BCUT2D eigenvalue weighted by atomic mass is 9.81. The highest BCUT2D eigenvalue weighted by atomic mass is 16.5. The number of hydrogen-bond donors (Lipinski definition) is 1. The largest absolute Gasteiger partial charge is 0.496 e. The minimum atomic E-state index is -0.806. The van der Waals surface area contributed by atoms with Crippen LogP contribution >= 0.6 is 0 Å². The molecule has 2 aromatic carbocycles. The van der Waals surface area contributed by atoms with Crippen LogP contribution in [0.3, 0.4) is 0 Å². The van der Waals surface area contributed by atoms with Crippen LogP contribution in [0, 0.1) is 0 Å². The molecule has 0 saturated carbocycles. The average molecular weight is 340 g/mol. The Morgan fingerprint density at radius 1 is 1.00 bits per heavy atom. The van der Waals surface area contributed by atoms with Gasteiger partial charge in [0.05, 0.1) is 31.5 Å². The van der Waals surface area contributed by atoms with Crippen LogP contribution in [0.15, 0.2) is 30.3 Å². The second-order valence-electron chi connectivity index (χ2n) is 5.96. The lowest BCUT2D eigenvalue weighted by Crippen LogP contribution is -2.23. The van der Waals surface area contributed by atoms with Gasteiger partial charge in [-0.3, -0.25) is 9.59 Å². The second-order valence-corrected chi connectivity index (χ2v) is 5.96. The van der Waals surface area contributed by atoms with E-state index in [1.807, 2.05) is 6.92 Å². The molecule has 0 aliphatic heterocycles. The van der Waals surface area contributed by atoms with Gasteiger partial charge >= 0.3 is 0 Å². The summed E-state index contributed by atoms with van der Waals surface area (Å²) in [7, 11) is 2.87. The van der Waals surface area contributed by atoms with Gasteiger partial charge < -0.3 is 14.6 Å². The van der Waals surface area contributed by atoms with E-state index in [2.05, 4.69) is 0 Å². The van der Waals surface area contributed by atoms with E-state index in [1.165, 1.54) is 14.2 Å². The van der Waals surface area contributed by atoms with Crippen molar-refractivity contribution in [3.05, 3.63) is 58.1 Å². The SMILES string of the molecule is CCCC(O)c1cc(OC)c2c(c1OC)C(=O)c1ccccc1C2=O. The van der Waals surface area contributed by atoms with Gasteiger partial charge in [0, 0.05) is 16.7 Å². The zero-order chi connectivity index (χ0) is 18.1. The van der Waals surface area contributed by atoms with E-state index in [1.54, 1.807) is 30.3 Å². The number of ketones is 2. The van der Waals surface area contributed by atoms with Gasteiger partial charge in [0.2, 0.25) is 0 Å². The fourth-order valence-corrected chi connectivity index (χ4v) is 3.31. The first kappa shape index (κ1) is 17.2. The molecule has 1 N–H and O–H groups in total. The summed E-state index contributed by atoms with van der Waals surface area (Å²) in [5, 5.41) is 10.5. The topological polar surface area (TPSA) is 72.8 Å². The van der Waals surface area contributed by atoms with Gasteiger partial charge in [-0.25, -0.2) is 0 Å². The summed E-state index contributed by atoms with van der Waals surface area (Å²) in [6.45, 7) is 1.95. The molecule has 0 bridgehead atoms. The van der Waals surface area contributed by atoms with E-state index >= 15 is 0 Å². The molecule has 5 heteroatoms. The third-order valence-corrected chi connectivity index (χ3v) is 4.49. The molecule has 130 valence electrons. The number of ether oxygens (including phenoxy) is 2. The van der Waals surface area contributed by atoms with Crippen LogP contribution in [0.25, 0.3) is 0 Å². The van der Waals surface area contributed by atoms with Gasteiger partial charge in [0.25, 0.3) is 0 Å². The van der Waals surface area contributed by atoms with Gasteiger partial charge in [0.15, 0.2) is 11.6 Å². The second kappa shape index (κ2) is 6.69. The molecule has 0 aromatic heterocycles. The molecule has 0 fully saturated rings. The van der Waals surface area contributed by atoms with E-state index in [0.717, 1.165) is 6.42 Å². The molecule has 0 radical (unpaired) electrons. The molecule has 3 rings (SSSR count). The van der Waals surface area contributed by atoms with Crippen molar-refractivity contribution >= 4 is 11.6 Å².